The molecule has 1 aromatic carbocycles. The highest BCUT2D eigenvalue weighted by molar-refractivity contribution is 7.16. The molecule has 0 unspecified atom stereocenters. The summed E-state index contributed by atoms with van der Waals surface area (Å²) in [5.41, 5.74) is 1.67. The zero-order valence-electron chi connectivity index (χ0n) is 15.2. The Kier molecular flexibility index (Phi) is 5.31. The Morgan fingerprint density at radius 2 is 2.00 bits per heavy atom. The summed E-state index contributed by atoms with van der Waals surface area (Å²) in [6, 6.07) is 9.78. The number of nitrogens with one attached hydrogen (secondary N) is 2. The van der Waals surface area contributed by atoms with E-state index >= 15 is 0 Å². The Labute approximate surface area is 162 Å². The van der Waals surface area contributed by atoms with Crippen LogP contribution in [0.25, 0.3) is 10.2 Å². The van der Waals surface area contributed by atoms with Gasteiger partial charge < -0.3 is 15.4 Å². The number of ether oxygens (including phenoxy) is 1. The van der Waals surface area contributed by atoms with Gasteiger partial charge in [0.15, 0.2) is 0 Å². The van der Waals surface area contributed by atoms with Crippen molar-refractivity contribution in [2.75, 3.05) is 13.1 Å². The van der Waals surface area contributed by atoms with Gasteiger partial charge in [-0.25, -0.2) is 4.98 Å². The first kappa shape index (κ1) is 17.9. The van der Waals surface area contributed by atoms with Crippen LogP contribution >= 0.6 is 11.3 Å². The van der Waals surface area contributed by atoms with E-state index in [1.54, 1.807) is 11.3 Å². The third kappa shape index (κ3) is 4.26. The fraction of sp³-hybridized carbons (Fsp3) is 0.350. The minimum Gasteiger partial charge on any atom is -0.472 e. The molecule has 0 saturated carbocycles. The van der Waals surface area contributed by atoms with E-state index in [-0.39, 0.29) is 11.9 Å². The first-order chi connectivity index (χ1) is 13.2. The number of aryl methyl sites for hydroxylation is 1. The lowest BCUT2D eigenvalue weighted by molar-refractivity contribution is 0.0929. The molecule has 27 heavy (non-hydrogen) atoms. The second-order valence-corrected chi connectivity index (χ2v) is 7.59. The van der Waals surface area contributed by atoms with Gasteiger partial charge in [-0.3, -0.25) is 4.79 Å². The summed E-state index contributed by atoms with van der Waals surface area (Å²) < 4.78 is 5.91. The van der Waals surface area contributed by atoms with Gasteiger partial charge in [0.05, 0.1) is 5.39 Å². The zero-order chi connectivity index (χ0) is 18.6. The number of piperidine rings is 1. The molecule has 1 aliphatic heterocycles. The molecule has 0 atom stereocenters. The predicted octanol–water partition coefficient (Wildman–Crippen LogP) is 3.06. The molecule has 1 aliphatic rings. The molecule has 3 heterocycles. The molecule has 0 aliphatic carbocycles. The van der Waals surface area contributed by atoms with E-state index in [0.717, 1.165) is 41.7 Å². The van der Waals surface area contributed by atoms with Crippen LogP contribution in [-0.4, -0.2) is 35.0 Å². The maximum atomic E-state index is 12.4. The van der Waals surface area contributed by atoms with Crippen molar-refractivity contribution in [3.05, 3.63) is 52.7 Å². The molecule has 1 saturated heterocycles. The molecular weight excluding hydrogens is 360 g/mol. The summed E-state index contributed by atoms with van der Waals surface area (Å²) >= 11 is 1.58. The summed E-state index contributed by atoms with van der Waals surface area (Å²) in [6.45, 7) is 4.18. The molecule has 4 rings (SSSR count). The minimum atomic E-state index is -0.0132. The highest BCUT2D eigenvalue weighted by Gasteiger charge is 2.16. The second-order valence-electron chi connectivity index (χ2n) is 6.70. The van der Waals surface area contributed by atoms with E-state index in [9.17, 15) is 4.79 Å². The number of hydrogen-bond donors (Lipinski definition) is 2. The van der Waals surface area contributed by atoms with Crippen LogP contribution in [0, 0.1) is 6.92 Å². The number of amides is 1. The van der Waals surface area contributed by atoms with Gasteiger partial charge in [-0.05, 0) is 62.0 Å². The maximum Gasteiger partial charge on any atom is 0.251 e. The van der Waals surface area contributed by atoms with Gasteiger partial charge in [0, 0.05) is 11.6 Å². The summed E-state index contributed by atoms with van der Waals surface area (Å²) in [5, 5.41) is 9.33. The molecule has 2 N–H and O–H groups in total. The van der Waals surface area contributed by atoms with Crippen molar-refractivity contribution in [2.24, 2.45) is 0 Å². The van der Waals surface area contributed by atoms with Crippen molar-refractivity contribution in [3.8, 4) is 5.88 Å². The number of carbonyl (C=O) groups excluding carboxylic acids is 1. The van der Waals surface area contributed by atoms with Crippen LogP contribution < -0.4 is 15.4 Å². The van der Waals surface area contributed by atoms with Crippen LogP contribution in [-0.2, 0) is 6.61 Å². The number of thiophene rings is 1. The monoisotopic (exact) mass is 382 g/mol. The number of aromatic nitrogens is 2. The van der Waals surface area contributed by atoms with Crippen molar-refractivity contribution < 1.29 is 9.53 Å². The van der Waals surface area contributed by atoms with Gasteiger partial charge in [-0.2, -0.15) is 4.98 Å². The van der Waals surface area contributed by atoms with E-state index in [1.807, 2.05) is 42.6 Å². The third-order valence-electron chi connectivity index (χ3n) is 4.67. The fourth-order valence-corrected chi connectivity index (χ4v) is 3.98. The van der Waals surface area contributed by atoms with E-state index in [2.05, 4.69) is 20.6 Å². The number of hydrogen-bond acceptors (Lipinski definition) is 6. The summed E-state index contributed by atoms with van der Waals surface area (Å²) in [7, 11) is 0. The second kappa shape index (κ2) is 8.02. The average Bonchev–Trinajstić information content (AvgIpc) is 3.15. The third-order valence-corrected chi connectivity index (χ3v) is 5.47. The Balaban J connectivity index is 1.38. The Morgan fingerprint density at radius 3 is 2.78 bits per heavy atom. The largest absolute Gasteiger partial charge is 0.472 e. The normalized spacial score (nSPS) is 15.0. The smallest absolute Gasteiger partial charge is 0.251 e. The molecular formula is C20H22N4O2S. The lowest BCUT2D eigenvalue weighted by Crippen LogP contribution is -2.42. The van der Waals surface area contributed by atoms with Gasteiger partial charge in [0.1, 0.15) is 17.3 Å². The lowest BCUT2D eigenvalue weighted by atomic mass is 10.1. The first-order valence-electron chi connectivity index (χ1n) is 9.14. The molecule has 140 valence electrons. The Morgan fingerprint density at radius 1 is 1.22 bits per heavy atom. The van der Waals surface area contributed by atoms with Gasteiger partial charge in [-0.1, -0.05) is 12.1 Å². The van der Waals surface area contributed by atoms with E-state index in [1.165, 1.54) is 0 Å². The number of fused-ring (bicyclic) bond motifs is 1. The SMILES string of the molecule is Cc1nc(OCc2ccc(C(=O)NC3CCNCC3)cc2)c2ccsc2n1. The molecule has 1 amide bonds. The summed E-state index contributed by atoms with van der Waals surface area (Å²) in [5.74, 6) is 1.29. The van der Waals surface area contributed by atoms with E-state index in [0.29, 0.717) is 23.9 Å². The summed E-state index contributed by atoms with van der Waals surface area (Å²) in [6.07, 6.45) is 1.96. The summed E-state index contributed by atoms with van der Waals surface area (Å²) in [4.78, 5) is 22.1. The topological polar surface area (TPSA) is 76.1 Å². The highest BCUT2D eigenvalue weighted by atomic mass is 32.1. The van der Waals surface area contributed by atoms with Crippen molar-refractivity contribution in [2.45, 2.75) is 32.4 Å². The first-order valence-corrected chi connectivity index (χ1v) is 10.0. The number of rotatable bonds is 5. The average molecular weight is 382 g/mol. The van der Waals surface area contributed by atoms with E-state index < -0.39 is 0 Å². The maximum absolute atomic E-state index is 12.4. The molecule has 0 bridgehead atoms. The quantitative estimate of drug-likeness (QED) is 0.709. The van der Waals surface area contributed by atoms with Crippen LogP contribution in [0.15, 0.2) is 35.7 Å². The van der Waals surface area contributed by atoms with Crippen molar-refractivity contribution >= 4 is 27.5 Å². The Hall–Kier alpha value is -2.51. The number of benzene rings is 1. The molecule has 3 aromatic rings. The van der Waals surface area contributed by atoms with Crippen LogP contribution in [0.1, 0.15) is 34.6 Å². The molecule has 0 radical (unpaired) electrons. The van der Waals surface area contributed by atoms with Crippen molar-refractivity contribution in [1.29, 1.82) is 0 Å². The van der Waals surface area contributed by atoms with Gasteiger partial charge in [0.25, 0.3) is 5.91 Å². The standard InChI is InChI=1S/C20H22N4O2S/c1-13-22-19(17-8-11-27-20(17)23-13)26-12-14-2-4-15(5-3-14)18(25)24-16-6-9-21-10-7-16/h2-5,8,11,16,21H,6-7,9-10,12H2,1H3,(H,24,25). The van der Waals surface area contributed by atoms with Crippen LogP contribution in [0.5, 0.6) is 5.88 Å². The highest BCUT2D eigenvalue weighted by Crippen LogP contribution is 2.27. The molecule has 0 spiro atoms. The molecule has 1 fully saturated rings. The predicted molar refractivity (Wildman–Crippen MR) is 106 cm³/mol. The van der Waals surface area contributed by atoms with Gasteiger partial charge in [0.2, 0.25) is 5.88 Å². The van der Waals surface area contributed by atoms with Crippen molar-refractivity contribution in [3.63, 3.8) is 0 Å². The van der Waals surface area contributed by atoms with Crippen LogP contribution in [0.2, 0.25) is 0 Å². The minimum absolute atomic E-state index is 0.0132. The van der Waals surface area contributed by atoms with Gasteiger partial charge >= 0.3 is 0 Å². The lowest BCUT2D eigenvalue weighted by Gasteiger charge is -2.23. The molecule has 6 nitrogen and oxygen atoms in total. The fourth-order valence-electron chi connectivity index (χ4n) is 3.18. The zero-order valence-corrected chi connectivity index (χ0v) is 16.0. The van der Waals surface area contributed by atoms with E-state index in [4.69, 9.17) is 4.74 Å². The Bertz CT molecular complexity index is 933. The number of carbonyl (C=O) groups is 1. The molecule has 2 aromatic heterocycles. The van der Waals surface area contributed by atoms with Crippen LogP contribution in [0.4, 0.5) is 0 Å². The molecule has 7 heteroatoms. The number of nitrogens with zero attached hydrogens (tertiary/aromatic N) is 2. The van der Waals surface area contributed by atoms with Crippen LogP contribution in [0.3, 0.4) is 0 Å². The van der Waals surface area contributed by atoms with Crippen molar-refractivity contribution in [1.82, 2.24) is 20.6 Å². The van der Waals surface area contributed by atoms with Gasteiger partial charge in [-0.15, -0.1) is 11.3 Å².